The van der Waals surface area contributed by atoms with E-state index in [2.05, 4.69) is 21.1 Å². The van der Waals surface area contributed by atoms with Gasteiger partial charge in [-0.2, -0.15) is 0 Å². The topological polar surface area (TPSA) is 69.9 Å². The molecule has 0 saturated heterocycles. The minimum Gasteiger partial charge on any atom is -0.478 e. The van der Waals surface area contributed by atoms with Crippen LogP contribution in [0.3, 0.4) is 0 Å². The van der Waals surface area contributed by atoms with Gasteiger partial charge >= 0.3 is 5.97 Å². The number of nitrogens with zero attached hydrogens (tertiary/aromatic N) is 1. The fourth-order valence-electron chi connectivity index (χ4n) is 0.877. The van der Waals surface area contributed by atoms with Crippen molar-refractivity contribution in [1.29, 1.82) is 0 Å². The van der Waals surface area contributed by atoms with Gasteiger partial charge in [0, 0.05) is 4.47 Å². The summed E-state index contributed by atoms with van der Waals surface area (Å²) in [5, 5.41) is 19.7. The van der Waals surface area contributed by atoms with Gasteiger partial charge in [0.25, 0.3) is 0 Å². The van der Waals surface area contributed by atoms with Crippen LogP contribution in [0.2, 0.25) is 0 Å². The Labute approximate surface area is 82.6 Å². The van der Waals surface area contributed by atoms with Gasteiger partial charge in [-0.05, 0) is 23.8 Å². The van der Waals surface area contributed by atoms with Crippen molar-refractivity contribution in [3.63, 3.8) is 0 Å². The molecule has 0 spiro atoms. The van der Waals surface area contributed by atoms with Crippen LogP contribution in [0.4, 0.5) is 0 Å². The fraction of sp³-hybridized carbons (Fsp3) is 0. The molecule has 1 aromatic rings. The average molecular weight is 244 g/mol. The molecule has 68 valence electrons. The maximum atomic E-state index is 10.6. The third-order valence-electron chi connectivity index (χ3n) is 1.37. The number of halogens is 1. The van der Waals surface area contributed by atoms with E-state index in [9.17, 15) is 4.79 Å². The van der Waals surface area contributed by atoms with Crippen LogP contribution < -0.4 is 0 Å². The van der Waals surface area contributed by atoms with Gasteiger partial charge in [0.05, 0.1) is 11.8 Å². The third-order valence-corrected chi connectivity index (χ3v) is 1.83. The number of carboxylic acid groups (broad SMARTS) is 1. The Morgan fingerprint density at radius 1 is 1.46 bits per heavy atom. The van der Waals surface area contributed by atoms with E-state index in [4.69, 9.17) is 10.3 Å². The summed E-state index contributed by atoms with van der Waals surface area (Å²) in [4.78, 5) is 10.6. The summed E-state index contributed by atoms with van der Waals surface area (Å²) >= 11 is 3.14. The van der Waals surface area contributed by atoms with Crippen LogP contribution in [0.1, 0.15) is 15.9 Å². The minimum absolute atomic E-state index is 0.143. The number of carbonyl (C=O) groups is 1. The lowest BCUT2D eigenvalue weighted by molar-refractivity contribution is 0.0697. The van der Waals surface area contributed by atoms with Gasteiger partial charge in [-0.15, -0.1) is 0 Å². The molecule has 0 fully saturated rings. The summed E-state index contributed by atoms with van der Waals surface area (Å²) < 4.78 is 0.627. The molecule has 0 atom stereocenters. The molecule has 0 aromatic heterocycles. The monoisotopic (exact) mass is 243 g/mol. The van der Waals surface area contributed by atoms with Gasteiger partial charge in [-0.25, -0.2) is 4.79 Å². The highest BCUT2D eigenvalue weighted by atomic mass is 79.9. The lowest BCUT2D eigenvalue weighted by Gasteiger charge is -1.97. The quantitative estimate of drug-likeness (QED) is 0.474. The molecule has 0 aliphatic rings. The summed E-state index contributed by atoms with van der Waals surface area (Å²) in [5.41, 5.74) is 0.665. The summed E-state index contributed by atoms with van der Waals surface area (Å²) in [7, 11) is 0. The van der Waals surface area contributed by atoms with Crippen LogP contribution in [0, 0.1) is 0 Å². The standard InChI is InChI=1S/C8H6BrNO3/c9-7-2-5(4-10-13)1-6(3-7)8(11)12/h1-4,13H,(H,11,12). The van der Waals surface area contributed by atoms with E-state index in [1.165, 1.54) is 12.1 Å². The molecular formula is C8H6BrNO3. The van der Waals surface area contributed by atoms with Crippen molar-refractivity contribution in [3.8, 4) is 0 Å². The first kappa shape index (κ1) is 9.73. The molecule has 0 heterocycles. The van der Waals surface area contributed by atoms with Crippen LogP contribution in [0.15, 0.2) is 27.8 Å². The predicted octanol–water partition coefficient (Wildman–Crippen LogP) is 1.96. The second-order valence-corrected chi connectivity index (χ2v) is 3.24. The Bertz CT molecular complexity index is 362. The average Bonchev–Trinajstić information content (AvgIpc) is 2.03. The van der Waals surface area contributed by atoms with Crippen molar-refractivity contribution < 1.29 is 15.1 Å². The Morgan fingerprint density at radius 3 is 2.69 bits per heavy atom. The molecule has 0 amide bonds. The van der Waals surface area contributed by atoms with Crippen molar-refractivity contribution in [2.45, 2.75) is 0 Å². The predicted molar refractivity (Wildman–Crippen MR) is 50.5 cm³/mol. The zero-order chi connectivity index (χ0) is 9.84. The van der Waals surface area contributed by atoms with Crippen LogP contribution >= 0.6 is 15.9 Å². The number of rotatable bonds is 2. The van der Waals surface area contributed by atoms with E-state index >= 15 is 0 Å². The largest absolute Gasteiger partial charge is 0.478 e. The third kappa shape index (κ3) is 2.55. The van der Waals surface area contributed by atoms with Gasteiger partial charge in [0.2, 0.25) is 0 Å². The molecule has 1 aromatic carbocycles. The van der Waals surface area contributed by atoms with Gasteiger partial charge in [0.1, 0.15) is 0 Å². The van der Waals surface area contributed by atoms with Crippen molar-refractivity contribution in [2.24, 2.45) is 5.16 Å². The lowest BCUT2D eigenvalue weighted by atomic mass is 10.1. The first-order valence-corrected chi connectivity index (χ1v) is 4.14. The second-order valence-electron chi connectivity index (χ2n) is 2.32. The molecule has 0 aliphatic heterocycles. The van der Waals surface area contributed by atoms with Crippen molar-refractivity contribution >= 4 is 28.1 Å². The Hall–Kier alpha value is -1.36. The van der Waals surface area contributed by atoms with Crippen LogP contribution in [0.25, 0.3) is 0 Å². The molecule has 1 rings (SSSR count). The first-order valence-electron chi connectivity index (χ1n) is 3.35. The van der Waals surface area contributed by atoms with Crippen LogP contribution in [-0.4, -0.2) is 22.5 Å². The van der Waals surface area contributed by atoms with Crippen molar-refractivity contribution in [2.75, 3.05) is 0 Å². The highest BCUT2D eigenvalue weighted by Crippen LogP contribution is 2.14. The molecular weight excluding hydrogens is 238 g/mol. The van der Waals surface area contributed by atoms with Gasteiger partial charge in [-0.3, -0.25) is 0 Å². The minimum atomic E-state index is -1.02. The van der Waals surface area contributed by atoms with E-state index in [-0.39, 0.29) is 5.56 Å². The zero-order valence-corrected chi connectivity index (χ0v) is 8.02. The lowest BCUT2D eigenvalue weighted by Crippen LogP contribution is -1.97. The molecule has 0 bridgehead atoms. The molecule has 0 saturated carbocycles. The summed E-state index contributed by atoms with van der Waals surface area (Å²) in [6.45, 7) is 0. The molecule has 0 unspecified atom stereocenters. The SMILES string of the molecule is O=C(O)c1cc(Br)cc(C=NO)c1. The molecule has 2 N–H and O–H groups in total. The van der Waals surface area contributed by atoms with E-state index in [0.717, 1.165) is 6.21 Å². The Kier molecular flexibility index (Phi) is 3.02. The fourth-order valence-corrected chi connectivity index (χ4v) is 1.39. The number of hydrogen-bond acceptors (Lipinski definition) is 3. The maximum Gasteiger partial charge on any atom is 0.335 e. The number of oxime groups is 1. The number of aromatic carboxylic acids is 1. The molecule has 5 heteroatoms. The van der Waals surface area contributed by atoms with Gasteiger partial charge < -0.3 is 10.3 Å². The molecule has 0 radical (unpaired) electrons. The second kappa shape index (κ2) is 4.04. The zero-order valence-electron chi connectivity index (χ0n) is 6.44. The van der Waals surface area contributed by atoms with Crippen molar-refractivity contribution in [1.82, 2.24) is 0 Å². The van der Waals surface area contributed by atoms with E-state index in [1.807, 2.05) is 0 Å². The number of hydrogen-bond donors (Lipinski definition) is 2. The van der Waals surface area contributed by atoms with E-state index in [1.54, 1.807) is 6.07 Å². The van der Waals surface area contributed by atoms with Gasteiger partial charge in [-0.1, -0.05) is 21.1 Å². The summed E-state index contributed by atoms with van der Waals surface area (Å²) in [6.07, 6.45) is 1.16. The maximum absolute atomic E-state index is 10.6. The van der Waals surface area contributed by atoms with E-state index in [0.29, 0.717) is 10.0 Å². The summed E-state index contributed by atoms with van der Waals surface area (Å²) in [5.74, 6) is -1.02. The molecule has 13 heavy (non-hydrogen) atoms. The Morgan fingerprint density at radius 2 is 2.15 bits per heavy atom. The number of carboxylic acids is 1. The van der Waals surface area contributed by atoms with Crippen molar-refractivity contribution in [3.05, 3.63) is 33.8 Å². The smallest absolute Gasteiger partial charge is 0.335 e. The van der Waals surface area contributed by atoms with Crippen LogP contribution in [0.5, 0.6) is 0 Å². The molecule has 0 aliphatic carbocycles. The number of benzene rings is 1. The highest BCUT2D eigenvalue weighted by Gasteiger charge is 2.04. The van der Waals surface area contributed by atoms with Gasteiger partial charge in [0.15, 0.2) is 0 Å². The summed E-state index contributed by atoms with van der Waals surface area (Å²) in [6, 6.07) is 4.52. The molecule has 4 nitrogen and oxygen atoms in total. The van der Waals surface area contributed by atoms with E-state index < -0.39 is 5.97 Å². The van der Waals surface area contributed by atoms with Crippen LogP contribution in [-0.2, 0) is 0 Å². The normalized spacial score (nSPS) is 10.5. The Balaban J connectivity index is 3.18. The first-order chi connectivity index (χ1) is 6.13. The highest BCUT2D eigenvalue weighted by molar-refractivity contribution is 9.10.